The molecule has 0 saturated heterocycles. The second-order valence-electron chi connectivity index (χ2n) is 4.55. The number of benzene rings is 1. The Morgan fingerprint density at radius 2 is 2.06 bits per heavy atom. The first-order chi connectivity index (χ1) is 7.56. The average Bonchev–Trinajstić information content (AvgIpc) is 2.24. The van der Waals surface area contributed by atoms with Crippen LogP contribution in [0.2, 0.25) is 0 Å². The molecule has 1 rings (SSSR count). The fourth-order valence-electron chi connectivity index (χ4n) is 1.97. The molecule has 2 unspecified atom stereocenters. The van der Waals surface area contributed by atoms with Gasteiger partial charge in [0.15, 0.2) is 0 Å². The van der Waals surface area contributed by atoms with E-state index in [0.717, 1.165) is 12.1 Å². The summed E-state index contributed by atoms with van der Waals surface area (Å²) < 4.78 is 13.1. The predicted molar refractivity (Wildman–Crippen MR) is 65.6 cm³/mol. The van der Waals surface area contributed by atoms with Gasteiger partial charge in [0.2, 0.25) is 0 Å². The van der Waals surface area contributed by atoms with Crippen LogP contribution < -0.4 is 11.1 Å². The van der Waals surface area contributed by atoms with E-state index in [4.69, 9.17) is 5.73 Å². The molecule has 0 aliphatic rings. The van der Waals surface area contributed by atoms with Crippen LogP contribution in [-0.4, -0.2) is 13.6 Å². The zero-order valence-corrected chi connectivity index (χ0v) is 10.2. The van der Waals surface area contributed by atoms with E-state index in [1.54, 1.807) is 6.07 Å². The zero-order valence-electron chi connectivity index (χ0n) is 10.2. The molecule has 0 bridgehead atoms. The summed E-state index contributed by atoms with van der Waals surface area (Å²) in [5.41, 5.74) is 7.06. The number of nitrogens with one attached hydrogen (secondary N) is 1. The Labute approximate surface area is 97.0 Å². The molecule has 0 amide bonds. The summed E-state index contributed by atoms with van der Waals surface area (Å²) in [4.78, 5) is 0. The number of rotatable bonds is 5. The maximum absolute atomic E-state index is 13.1. The van der Waals surface area contributed by atoms with Crippen molar-refractivity contribution in [1.82, 2.24) is 5.32 Å². The Hall–Kier alpha value is -0.930. The SMILES string of the molecule is CNCC(C(C)C)C(N)c1cccc(F)c1. The summed E-state index contributed by atoms with van der Waals surface area (Å²) >= 11 is 0. The fraction of sp³-hybridized carbons (Fsp3) is 0.538. The van der Waals surface area contributed by atoms with Crippen molar-refractivity contribution in [1.29, 1.82) is 0 Å². The van der Waals surface area contributed by atoms with Crippen molar-refractivity contribution < 1.29 is 4.39 Å². The smallest absolute Gasteiger partial charge is 0.123 e. The molecule has 90 valence electrons. The van der Waals surface area contributed by atoms with Crippen molar-refractivity contribution in [3.63, 3.8) is 0 Å². The average molecular weight is 224 g/mol. The van der Waals surface area contributed by atoms with E-state index in [0.29, 0.717) is 11.8 Å². The molecule has 0 radical (unpaired) electrons. The topological polar surface area (TPSA) is 38.0 Å². The van der Waals surface area contributed by atoms with Crippen molar-refractivity contribution in [2.75, 3.05) is 13.6 Å². The van der Waals surface area contributed by atoms with Gasteiger partial charge >= 0.3 is 0 Å². The molecule has 0 aliphatic heterocycles. The highest BCUT2D eigenvalue weighted by atomic mass is 19.1. The van der Waals surface area contributed by atoms with Gasteiger partial charge in [-0.2, -0.15) is 0 Å². The molecular weight excluding hydrogens is 203 g/mol. The van der Waals surface area contributed by atoms with Gasteiger partial charge < -0.3 is 11.1 Å². The van der Waals surface area contributed by atoms with E-state index in [2.05, 4.69) is 19.2 Å². The predicted octanol–water partition coefficient (Wildman–Crippen LogP) is 2.32. The molecule has 0 fully saturated rings. The van der Waals surface area contributed by atoms with E-state index < -0.39 is 0 Å². The lowest BCUT2D eigenvalue weighted by Gasteiger charge is -2.27. The molecule has 0 aromatic heterocycles. The van der Waals surface area contributed by atoms with Crippen LogP contribution in [0.3, 0.4) is 0 Å². The molecule has 2 atom stereocenters. The first-order valence-corrected chi connectivity index (χ1v) is 5.72. The second kappa shape index (κ2) is 5.97. The van der Waals surface area contributed by atoms with E-state index in [-0.39, 0.29) is 11.9 Å². The van der Waals surface area contributed by atoms with Gasteiger partial charge in [0, 0.05) is 6.04 Å². The van der Waals surface area contributed by atoms with Gasteiger partial charge in [-0.25, -0.2) is 4.39 Å². The van der Waals surface area contributed by atoms with Crippen molar-refractivity contribution in [3.8, 4) is 0 Å². The van der Waals surface area contributed by atoms with Crippen LogP contribution in [0.25, 0.3) is 0 Å². The van der Waals surface area contributed by atoms with Crippen molar-refractivity contribution in [3.05, 3.63) is 35.6 Å². The van der Waals surface area contributed by atoms with Gasteiger partial charge in [0.1, 0.15) is 5.82 Å². The molecule has 16 heavy (non-hydrogen) atoms. The van der Waals surface area contributed by atoms with Crippen LogP contribution in [0.1, 0.15) is 25.5 Å². The highest BCUT2D eigenvalue weighted by Gasteiger charge is 2.22. The molecule has 0 saturated carbocycles. The van der Waals surface area contributed by atoms with Gasteiger partial charge in [0.25, 0.3) is 0 Å². The Balaban J connectivity index is 2.85. The van der Waals surface area contributed by atoms with Crippen LogP contribution in [0.4, 0.5) is 4.39 Å². The van der Waals surface area contributed by atoms with Gasteiger partial charge in [-0.1, -0.05) is 26.0 Å². The van der Waals surface area contributed by atoms with E-state index in [9.17, 15) is 4.39 Å². The maximum Gasteiger partial charge on any atom is 0.123 e. The minimum absolute atomic E-state index is 0.122. The molecule has 1 aromatic carbocycles. The van der Waals surface area contributed by atoms with Crippen LogP contribution >= 0.6 is 0 Å². The molecule has 3 heteroatoms. The minimum atomic E-state index is -0.222. The second-order valence-corrected chi connectivity index (χ2v) is 4.55. The molecule has 2 nitrogen and oxygen atoms in total. The number of nitrogens with two attached hydrogens (primary N) is 1. The third kappa shape index (κ3) is 3.29. The zero-order chi connectivity index (χ0) is 12.1. The molecule has 0 aliphatic carbocycles. The highest BCUT2D eigenvalue weighted by molar-refractivity contribution is 5.20. The quantitative estimate of drug-likeness (QED) is 0.805. The summed E-state index contributed by atoms with van der Waals surface area (Å²) in [7, 11) is 1.91. The Kier molecular flexibility index (Phi) is 4.90. The Morgan fingerprint density at radius 1 is 1.38 bits per heavy atom. The summed E-state index contributed by atoms with van der Waals surface area (Å²) in [6.07, 6.45) is 0. The summed E-state index contributed by atoms with van der Waals surface area (Å²) in [5.74, 6) is 0.553. The highest BCUT2D eigenvalue weighted by Crippen LogP contribution is 2.25. The standard InChI is InChI=1S/C13H21FN2/c1-9(2)12(8-16-3)13(15)10-5-4-6-11(14)7-10/h4-7,9,12-13,16H,8,15H2,1-3H3. The maximum atomic E-state index is 13.1. The van der Waals surface area contributed by atoms with Crippen LogP contribution in [0.5, 0.6) is 0 Å². The van der Waals surface area contributed by atoms with Crippen LogP contribution in [0.15, 0.2) is 24.3 Å². The lowest BCUT2D eigenvalue weighted by molar-refractivity contribution is 0.314. The van der Waals surface area contributed by atoms with E-state index >= 15 is 0 Å². The van der Waals surface area contributed by atoms with E-state index in [1.165, 1.54) is 12.1 Å². The van der Waals surface area contributed by atoms with Crippen molar-refractivity contribution >= 4 is 0 Å². The largest absolute Gasteiger partial charge is 0.324 e. The Morgan fingerprint density at radius 3 is 2.56 bits per heavy atom. The third-order valence-electron chi connectivity index (χ3n) is 2.99. The Bertz CT molecular complexity index is 325. The van der Waals surface area contributed by atoms with Gasteiger partial charge in [0.05, 0.1) is 0 Å². The van der Waals surface area contributed by atoms with Gasteiger partial charge in [-0.05, 0) is 43.1 Å². The number of hydrogen-bond donors (Lipinski definition) is 2. The fourth-order valence-corrected chi connectivity index (χ4v) is 1.97. The summed E-state index contributed by atoms with van der Waals surface area (Å²) in [6, 6.07) is 6.44. The molecule has 3 N–H and O–H groups in total. The van der Waals surface area contributed by atoms with Crippen molar-refractivity contribution in [2.24, 2.45) is 17.6 Å². The number of hydrogen-bond acceptors (Lipinski definition) is 2. The lowest BCUT2D eigenvalue weighted by Crippen LogP contribution is -2.33. The monoisotopic (exact) mass is 224 g/mol. The first-order valence-electron chi connectivity index (χ1n) is 5.72. The first kappa shape index (κ1) is 13.1. The molecule has 1 aromatic rings. The minimum Gasteiger partial charge on any atom is -0.324 e. The van der Waals surface area contributed by atoms with Gasteiger partial charge in [-0.15, -0.1) is 0 Å². The lowest BCUT2D eigenvalue weighted by atomic mass is 9.85. The van der Waals surface area contributed by atoms with Gasteiger partial charge in [-0.3, -0.25) is 0 Å². The van der Waals surface area contributed by atoms with Crippen LogP contribution in [0, 0.1) is 17.7 Å². The third-order valence-corrected chi connectivity index (χ3v) is 2.99. The van der Waals surface area contributed by atoms with Crippen molar-refractivity contribution in [2.45, 2.75) is 19.9 Å². The molecule has 0 heterocycles. The summed E-state index contributed by atoms with van der Waals surface area (Å²) in [5, 5.41) is 3.14. The summed E-state index contributed by atoms with van der Waals surface area (Å²) in [6.45, 7) is 5.12. The van der Waals surface area contributed by atoms with Crippen LogP contribution in [-0.2, 0) is 0 Å². The molecular formula is C13H21FN2. The number of halogens is 1. The normalized spacial score (nSPS) is 15.1. The molecule has 0 spiro atoms. The van der Waals surface area contributed by atoms with E-state index in [1.807, 2.05) is 13.1 Å².